The van der Waals surface area contributed by atoms with Crippen LogP contribution >= 0.6 is 11.8 Å². The van der Waals surface area contributed by atoms with Gasteiger partial charge in [-0.15, -0.1) is 11.8 Å². The van der Waals surface area contributed by atoms with Gasteiger partial charge in [0.25, 0.3) is 0 Å². The first-order chi connectivity index (χ1) is 13.2. The molecule has 28 heavy (non-hydrogen) atoms. The lowest BCUT2D eigenvalue weighted by Gasteiger charge is -2.32. The maximum Gasteiger partial charge on any atom is 0.334 e. The predicted molar refractivity (Wildman–Crippen MR) is 115 cm³/mol. The molecular formula is C21H27N3O3S. The number of aliphatic carboxylic acids is 1. The molecule has 0 amide bonds. The van der Waals surface area contributed by atoms with Gasteiger partial charge in [0.2, 0.25) is 0 Å². The lowest BCUT2D eigenvalue weighted by atomic mass is 9.86. The molecule has 0 aliphatic rings. The number of amidine groups is 1. The van der Waals surface area contributed by atoms with Crippen molar-refractivity contribution in [3.05, 3.63) is 53.6 Å². The summed E-state index contributed by atoms with van der Waals surface area (Å²) in [6, 6.07) is 12.4. The van der Waals surface area contributed by atoms with Crippen molar-refractivity contribution in [2.45, 2.75) is 43.7 Å². The highest BCUT2D eigenvalue weighted by Crippen LogP contribution is 2.36. The van der Waals surface area contributed by atoms with Crippen LogP contribution in [0, 0.1) is 5.41 Å². The highest BCUT2D eigenvalue weighted by Gasteiger charge is 2.39. The number of carbonyl (C=O) groups is 1. The van der Waals surface area contributed by atoms with Crippen LogP contribution in [0.2, 0.25) is 0 Å². The zero-order chi connectivity index (χ0) is 20.9. The fourth-order valence-corrected chi connectivity index (χ4v) is 3.52. The highest BCUT2D eigenvalue weighted by atomic mass is 32.2. The van der Waals surface area contributed by atoms with E-state index in [1.165, 1.54) is 11.8 Å². The fraction of sp³-hybridized carbons (Fsp3) is 0.333. The third-order valence-corrected chi connectivity index (χ3v) is 5.23. The Labute approximate surface area is 170 Å². The number of rotatable bonds is 9. The largest absolute Gasteiger partial charge is 0.490 e. The topological polar surface area (TPSA) is 108 Å². The van der Waals surface area contributed by atoms with Crippen molar-refractivity contribution in [2.24, 2.45) is 5.73 Å². The smallest absolute Gasteiger partial charge is 0.334 e. The number of nitrogens with two attached hydrogens (primary N) is 1. The molecule has 0 aliphatic heterocycles. The molecule has 0 spiro atoms. The van der Waals surface area contributed by atoms with Crippen molar-refractivity contribution in [3.63, 3.8) is 0 Å². The van der Waals surface area contributed by atoms with E-state index >= 15 is 0 Å². The molecule has 0 radical (unpaired) electrons. The number of nitrogens with one attached hydrogen (secondary N) is 2. The van der Waals surface area contributed by atoms with E-state index in [1.807, 2.05) is 39.2 Å². The third-order valence-electron chi connectivity index (χ3n) is 4.47. The van der Waals surface area contributed by atoms with Gasteiger partial charge in [-0.25, -0.2) is 4.79 Å². The molecule has 0 saturated heterocycles. The molecule has 7 heteroatoms. The van der Waals surface area contributed by atoms with E-state index in [2.05, 4.69) is 5.32 Å². The molecule has 0 heterocycles. The molecule has 1 unspecified atom stereocenters. The minimum atomic E-state index is -1.29. The first-order valence-corrected chi connectivity index (χ1v) is 10.3. The summed E-state index contributed by atoms with van der Waals surface area (Å²) in [7, 11) is 0. The van der Waals surface area contributed by atoms with E-state index < -0.39 is 11.5 Å². The zero-order valence-corrected chi connectivity index (χ0v) is 17.4. The van der Waals surface area contributed by atoms with Crippen molar-refractivity contribution in [1.29, 1.82) is 5.41 Å². The summed E-state index contributed by atoms with van der Waals surface area (Å²) in [4.78, 5) is 13.2. The summed E-state index contributed by atoms with van der Waals surface area (Å²) in [5.74, 6) is -0.250. The summed E-state index contributed by atoms with van der Waals surface area (Å²) >= 11 is 1.52. The number of carboxylic acid groups (broad SMARTS) is 1. The van der Waals surface area contributed by atoms with Crippen molar-refractivity contribution in [3.8, 4) is 5.75 Å². The average Bonchev–Trinajstić information content (AvgIpc) is 2.66. The molecule has 150 valence electrons. The molecule has 0 bridgehead atoms. The number of carboxylic acids is 1. The van der Waals surface area contributed by atoms with E-state index in [0.717, 1.165) is 10.6 Å². The van der Waals surface area contributed by atoms with Crippen molar-refractivity contribution in [1.82, 2.24) is 0 Å². The van der Waals surface area contributed by atoms with Gasteiger partial charge < -0.3 is 20.9 Å². The molecule has 2 aromatic rings. The first-order valence-electron chi connectivity index (χ1n) is 9.04. The first kappa shape index (κ1) is 21.6. The van der Waals surface area contributed by atoms with Gasteiger partial charge in [-0.3, -0.25) is 5.41 Å². The van der Waals surface area contributed by atoms with E-state index in [4.69, 9.17) is 15.9 Å². The van der Waals surface area contributed by atoms with Crippen LogP contribution < -0.4 is 15.8 Å². The Balaban J connectivity index is 2.47. The molecule has 0 aromatic heterocycles. The van der Waals surface area contributed by atoms with Crippen molar-refractivity contribution < 1.29 is 14.6 Å². The summed E-state index contributed by atoms with van der Waals surface area (Å²) in [5.41, 5.74) is 6.08. The second kappa shape index (κ2) is 9.01. The molecule has 0 aliphatic carbocycles. The van der Waals surface area contributed by atoms with Crippen LogP contribution in [0.15, 0.2) is 47.4 Å². The van der Waals surface area contributed by atoms with Crippen LogP contribution in [-0.2, 0) is 10.3 Å². The van der Waals surface area contributed by atoms with Gasteiger partial charge >= 0.3 is 5.97 Å². The van der Waals surface area contributed by atoms with Gasteiger partial charge in [0.1, 0.15) is 11.6 Å². The van der Waals surface area contributed by atoms with Crippen LogP contribution in [0.25, 0.3) is 0 Å². The summed E-state index contributed by atoms with van der Waals surface area (Å²) in [6.07, 6.45) is 2.31. The SMILES string of the molecule is CCC(Nc1ccc(C(=N)N)cc1)(C(=O)O)c1ccc(OC(C)C)c(SC)c1. The van der Waals surface area contributed by atoms with Gasteiger partial charge in [0.15, 0.2) is 5.54 Å². The molecule has 2 aromatic carbocycles. The maximum absolute atomic E-state index is 12.3. The van der Waals surface area contributed by atoms with Crippen LogP contribution in [0.5, 0.6) is 5.75 Å². The summed E-state index contributed by atoms with van der Waals surface area (Å²) in [5, 5.41) is 20.8. The maximum atomic E-state index is 12.3. The number of hydrogen-bond donors (Lipinski definition) is 4. The second-order valence-electron chi connectivity index (χ2n) is 6.71. The van der Waals surface area contributed by atoms with Crippen molar-refractivity contribution >= 4 is 29.3 Å². The third kappa shape index (κ3) is 4.59. The minimum Gasteiger partial charge on any atom is -0.490 e. The molecule has 0 saturated carbocycles. The number of hydrogen-bond acceptors (Lipinski definition) is 5. The lowest BCUT2D eigenvalue weighted by Crippen LogP contribution is -2.43. The van der Waals surface area contributed by atoms with Gasteiger partial charge in [-0.2, -0.15) is 0 Å². The van der Waals surface area contributed by atoms with Crippen molar-refractivity contribution in [2.75, 3.05) is 11.6 Å². The van der Waals surface area contributed by atoms with Gasteiger partial charge in [0.05, 0.1) is 6.10 Å². The average molecular weight is 402 g/mol. The number of ether oxygens (including phenoxy) is 1. The van der Waals surface area contributed by atoms with Gasteiger partial charge in [-0.05, 0) is 68.5 Å². The number of anilines is 1. The summed E-state index contributed by atoms with van der Waals surface area (Å²) < 4.78 is 5.83. The monoisotopic (exact) mass is 401 g/mol. The van der Waals surface area contributed by atoms with Crippen LogP contribution in [0.4, 0.5) is 5.69 Å². The van der Waals surface area contributed by atoms with Crippen LogP contribution in [0.3, 0.4) is 0 Å². The fourth-order valence-electron chi connectivity index (χ4n) is 2.96. The second-order valence-corrected chi connectivity index (χ2v) is 7.56. The Morgan fingerprint density at radius 1 is 1.29 bits per heavy atom. The van der Waals surface area contributed by atoms with E-state index in [0.29, 0.717) is 23.2 Å². The molecular weight excluding hydrogens is 374 g/mol. The van der Waals surface area contributed by atoms with E-state index in [9.17, 15) is 9.90 Å². The Morgan fingerprint density at radius 2 is 1.93 bits per heavy atom. The molecule has 2 rings (SSSR count). The number of benzene rings is 2. The molecule has 6 nitrogen and oxygen atoms in total. The predicted octanol–water partition coefficient (Wildman–Crippen LogP) is 4.28. The zero-order valence-electron chi connectivity index (χ0n) is 16.6. The Morgan fingerprint density at radius 3 is 2.39 bits per heavy atom. The highest BCUT2D eigenvalue weighted by molar-refractivity contribution is 7.98. The van der Waals surface area contributed by atoms with Gasteiger partial charge in [-0.1, -0.05) is 13.0 Å². The van der Waals surface area contributed by atoms with Gasteiger partial charge in [0, 0.05) is 16.1 Å². The Hall–Kier alpha value is -2.67. The number of nitrogen functional groups attached to an aromatic ring is 1. The molecule has 1 atom stereocenters. The quantitative estimate of drug-likeness (QED) is 0.284. The van der Waals surface area contributed by atoms with Crippen LogP contribution in [0.1, 0.15) is 38.3 Å². The van der Waals surface area contributed by atoms with Crippen LogP contribution in [-0.4, -0.2) is 29.3 Å². The number of thioether (sulfide) groups is 1. The minimum absolute atomic E-state index is 0.0307. The van der Waals surface area contributed by atoms with E-state index in [1.54, 1.807) is 30.3 Å². The lowest BCUT2D eigenvalue weighted by molar-refractivity contribution is -0.142. The standard InChI is InChI=1S/C21H27N3O3S/c1-5-21(20(25)26,24-16-9-6-14(7-10-16)19(22)23)15-8-11-17(27-13(2)3)18(12-15)28-4/h6-13,24H,5H2,1-4H3,(H3,22,23)(H,25,26). The summed E-state index contributed by atoms with van der Waals surface area (Å²) in [6.45, 7) is 5.75. The van der Waals surface area contributed by atoms with E-state index in [-0.39, 0.29) is 11.9 Å². The molecule has 5 N–H and O–H groups in total. The Bertz CT molecular complexity index is 852. The molecule has 0 fully saturated rings. The Kier molecular flexibility index (Phi) is 6.96. The normalized spacial score (nSPS) is 13.0.